The summed E-state index contributed by atoms with van der Waals surface area (Å²) in [5.41, 5.74) is 0.817. The summed E-state index contributed by atoms with van der Waals surface area (Å²) >= 11 is 2.01. The van der Waals surface area contributed by atoms with Gasteiger partial charge in [-0.15, -0.1) is 0 Å². The fraction of sp³-hybridized carbons (Fsp3) is 0.500. The number of amides is 3. The summed E-state index contributed by atoms with van der Waals surface area (Å²) in [7, 11) is 1.45. The molecule has 1 unspecified atom stereocenters. The van der Waals surface area contributed by atoms with Crippen molar-refractivity contribution in [1.82, 2.24) is 15.5 Å². The van der Waals surface area contributed by atoms with E-state index in [-0.39, 0.29) is 45.2 Å². The summed E-state index contributed by atoms with van der Waals surface area (Å²) < 4.78 is 10.2. The molecule has 0 aromatic heterocycles. The van der Waals surface area contributed by atoms with Crippen LogP contribution in [0.1, 0.15) is 35.3 Å². The molecule has 0 aliphatic rings. The Morgan fingerprint density at radius 1 is 1.16 bits per heavy atom. The third-order valence-electron chi connectivity index (χ3n) is 4.17. The van der Waals surface area contributed by atoms with Crippen molar-refractivity contribution in [2.45, 2.75) is 19.4 Å². The maximum Gasteiger partial charge on any atom is 0.325 e. The van der Waals surface area contributed by atoms with E-state index < -0.39 is 23.8 Å². The van der Waals surface area contributed by atoms with E-state index in [4.69, 9.17) is 9.47 Å². The smallest absolute Gasteiger partial charge is 0.325 e. The van der Waals surface area contributed by atoms with Gasteiger partial charge in [0.1, 0.15) is 12.6 Å². The Bertz CT molecular complexity index is 743. The first kappa shape index (κ1) is 26.8. The second-order valence-corrected chi connectivity index (χ2v) is 7.00. The van der Waals surface area contributed by atoms with Crippen LogP contribution in [0.3, 0.4) is 0 Å². The molecule has 0 aliphatic heterocycles. The molecule has 0 radical (unpaired) electrons. The van der Waals surface area contributed by atoms with Gasteiger partial charge in [0.15, 0.2) is 0 Å². The van der Waals surface area contributed by atoms with Gasteiger partial charge in [-0.1, -0.05) is 34.7 Å². The highest BCUT2D eigenvalue weighted by atomic mass is 127. The van der Waals surface area contributed by atoms with Gasteiger partial charge in [0.05, 0.1) is 30.8 Å². The van der Waals surface area contributed by atoms with Crippen LogP contribution in [0.25, 0.3) is 0 Å². The predicted molar refractivity (Wildman–Crippen MR) is 120 cm³/mol. The van der Waals surface area contributed by atoms with Gasteiger partial charge in [0.25, 0.3) is 5.91 Å². The van der Waals surface area contributed by atoms with Crippen molar-refractivity contribution in [3.63, 3.8) is 0 Å². The van der Waals surface area contributed by atoms with Crippen molar-refractivity contribution in [2.24, 2.45) is 0 Å². The van der Waals surface area contributed by atoms with Crippen molar-refractivity contribution in [2.75, 3.05) is 44.6 Å². The van der Waals surface area contributed by atoms with Crippen LogP contribution in [0, 0.1) is 0 Å². The van der Waals surface area contributed by atoms with Crippen LogP contribution in [-0.2, 0) is 23.9 Å². The van der Waals surface area contributed by atoms with Crippen molar-refractivity contribution in [3.05, 3.63) is 35.4 Å². The van der Waals surface area contributed by atoms with E-state index in [1.807, 2.05) is 22.6 Å². The number of carbonyl (C=O) groups excluding carboxylic acids is 4. The lowest BCUT2D eigenvalue weighted by atomic mass is 10.0. The van der Waals surface area contributed by atoms with E-state index >= 15 is 0 Å². The van der Waals surface area contributed by atoms with Crippen molar-refractivity contribution < 1.29 is 33.8 Å². The average Bonchev–Trinajstić information content (AvgIpc) is 2.76. The van der Waals surface area contributed by atoms with Crippen LogP contribution in [0.2, 0.25) is 0 Å². The van der Waals surface area contributed by atoms with Crippen LogP contribution >= 0.6 is 22.6 Å². The number of benzene rings is 1. The Hall–Kier alpha value is -2.25. The van der Waals surface area contributed by atoms with Crippen LogP contribution < -0.4 is 10.6 Å². The number of hydrogen-bond donors (Lipinski definition) is 3. The van der Waals surface area contributed by atoms with Gasteiger partial charge in [0.2, 0.25) is 11.8 Å². The minimum atomic E-state index is -1.12. The van der Waals surface area contributed by atoms with E-state index in [1.165, 1.54) is 12.0 Å². The van der Waals surface area contributed by atoms with E-state index in [0.29, 0.717) is 15.7 Å². The zero-order valence-corrected chi connectivity index (χ0v) is 19.7. The highest BCUT2D eigenvalue weighted by molar-refractivity contribution is 14.1. The minimum Gasteiger partial charge on any atom is -0.465 e. The van der Waals surface area contributed by atoms with E-state index in [9.17, 15) is 24.3 Å². The number of aliphatic hydroxyl groups is 1. The van der Waals surface area contributed by atoms with E-state index in [0.717, 1.165) is 0 Å². The molecule has 31 heavy (non-hydrogen) atoms. The van der Waals surface area contributed by atoms with Crippen LogP contribution in [0.4, 0.5) is 0 Å². The van der Waals surface area contributed by atoms with Crippen LogP contribution in [-0.4, -0.2) is 78.3 Å². The summed E-state index contributed by atoms with van der Waals surface area (Å²) in [6, 6.07) is 5.08. The van der Waals surface area contributed by atoms with Crippen molar-refractivity contribution >= 4 is 46.3 Å². The molecule has 1 atom stereocenters. The number of rotatable bonds is 13. The SMILES string of the molecule is CCOC(=O)CNC(=O)C(c1ccc(C(=O)NCI)cc1)N(CCO)C(=O)CCOC. The largest absolute Gasteiger partial charge is 0.465 e. The molecule has 11 heteroatoms. The lowest BCUT2D eigenvalue weighted by molar-refractivity contribution is -0.145. The number of nitrogens with one attached hydrogen (secondary N) is 2. The molecule has 0 heterocycles. The number of hydrogen-bond acceptors (Lipinski definition) is 7. The van der Waals surface area contributed by atoms with Crippen LogP contribution in [0.15, 0.2) is 24.3 Å². The molecule has 0 aliphatic carbocycles. The fourth-order valence-corrected chi connectivity index (χ4v) is 3.11. The first-order valence-corrected chi connectivity index (χ1v) is 11.2. The molecule has 0 saturated heterocycles. The van der Waals surface area contributed by atoms with Crippen molar-refractivity contribution in [3.8, 4) is 0 Å². The molecule has 0 fully saturated rings. The summed E-state index contributed by atoms with van der Waals surface area (Å²) in [5, 5.41) is 14.6. The third-order valence-corrected chi connectivity index (χ3v) is 4.55. The lowest BCUT2D eigenvalue weighted by Gasteiger charge is -2.31. The second kappa shape index (κ2) is 14.7. The number of aliphatic hydroxyl groups excluding tert-OH is 1. The number of nitrogens with zero attached hydrogens (tertiary/aromatic N) is 1. The fourth-order valence-electron chi connectivity index (χ4n) is 2.76. The van der Waals surface area contributed by atoms with E-state index in [1.54, 1.807) is 31.2 Å². The number of alkyl halides is 1. The van der Waals surface area contributed by atoms with Gasteiger partial charge < -0.3 is 30.1 Å². The van der Waals surface area contributed by atoms with Crippen molar-refractivity contribution in [1.29, 1.82) is 0 Å². The first-order chi connectivity index (χ1) is 14.9. The quantitative estimate of drug-likeness (QED) is 0.140. The van der Waals surface area contributed by atoms with Gasteiger partial charge >= 0.3 is 5.97 Å². The number of halogens is 1. The molecular formula is C20H28IN3O7. The monoisotopic (exact) mass is 549 g/mol. The number of esters is 1. The van der Waals surface area contributed by atoms with Gasteiger partial charge in [-0.25, -0.2) is 0 Å². The topological polar surface area (TPSA) is 134 Å². The summed E-state index contributed by atoms with van der Waals surface area (Å²) in [5.74, 6) is -1.90. The lowest BCUT2D eigenvalue weighted by Crippen LogP contribution is -2.46. The van der Waals surface area contributed by atoms with Crippen LogP contribution in [0.5, 0.6) is 0 Å². The zero-order valence-electron chi connectivity index (χ0n) is 17.6. The Balaban J connectivity index is 3.21. The Morgan fingerprint density at radius 3 is 2.39 bits per heavy atom. The maximum atomic E-state index is 13.0. The standard InChI is InChI=1S/C20H28IN3O7/c1-3-31-17(27)12-22-20(29)18(24(9-10-25)16(26)8-11-30-2)14-4-6-15(7-5-14)19(28)23-13-21/h4-7,18,25H,3,8-13H2,1-2H3,(H,22,29)(H,23,28). The average molecular weight is 549 g/mol. The highest BCUT2D eigenvalue weighted by Crippen LogP contribution is 2.23. The minimum absolute atomic E-state index is 0.00824. The Kier molecular flexibility index (Phi) is 12.7. The van der Waals surface area contributed by atoms with Gasteiger partial charge in [-0.05, 0) is 24.6 Å². The van der Waals surface area contributed by atoms with E-state index in [2.05, 4.69) is 10.6 Å². The van der Waals surface area contributed by atoms with Gasteiger partial charge in [-0.2, -0.15) is 0 Å². The molecule has 10 nitrogen and oxygen atoms in total. The molecule has 3 N–H and O–H groups in total. The highest BCUT2D eigenvalue weighted by Gasteiger charge is 2.31. The zero-order chi connectivity index (χ0) is 23.2. The Labute approximate surface area is 194 Å². The predicted octanol–water partition coefficient (Wildman–Crippen LogP) is 0.387. The second-order valence-electron chi connectivity index (χ2n) is 6.24. The molecule has 1 rings (SSSR count). The Morgan fingerprint density at radius 2 is 1.84 bits per heavy atom. The number of methoxy groups -OCH3 is 1. The molecular weight excluding hydrogens is 521 g/mol. The molecule has 172 valence electrons. The first-order valence-electron chi connectivity index (χ1n) is 9.66. The number of carbonyl (C=O) groups is 4. The third kappa shape index (κ3) is 8.79. The summed E-state index contributed by atoms with van der Waals surface area (Å²) in [6.45, 7) is 1.14. The number of ether oxygens (including phenoxy) is 2. The summed E-state index contributed by atoms with van der Waals surface area (Å²) in [4.78, 5) is 50.5. The molecule has 3 amide bonds. The van der Waals surface area contributed by atoms with Gasteiger partial charge in [-0.3, -0.25) is 19.2 Å². The molecule has 1 aromatic rings. The molecule has 0 saturated carbocycles. The summed E-state index contributed by atoms with van der Waals surface area (Å²) in [6.07, 6.45) is 0.00824. The molecule has 0 spiro atoms. The van der Waals surface area contributed by atoms with Gasteiger partial charge in [0, 0.05) is 19.2 Å². The normalized spacial score (nSPS) is 11.4. The maximum absolute atomic E-state index is 13.0. The molecule has 0 bridgehead atoms. The molecule has 1 aromatic carbocycles.